The molecule has 0 aliphatic carbocycles. The fraction of sp³-hybridized carbons (Fsp3) is 0.909. The summed E-state index contributed by atoms with van der Waals surface area (Å²) in [6.45, 7) is 8.46. The zero-order chi connectivity index (χ0) is 13.0. The van der Waals surface area contributed by atoms with E-state index in [0.29, 0.717) is 25.9 Å². The highest BCUT2D eigenvalue weighted by atomic mass is 35.5. The molecule has 0 aromatic rings. The molecule has 0 saturated heterocycles. The van der Waals surface area contributed by atoms with Crippen molar-refractivity contribution in [2.75, 3.05) is 13.1 Å². The van der Waals surface area contributed by atoms with Crippen molar-refractivity contribution in [3.05, 3.63) is 0 Å². The van der Waals surface area contributed by atoms with Crippen LogP contribution in [0.1, 0.15) is 40.5 Å². The molecule has 1 amide bonds. The molecule has 0 aliphatic rings. The maximum absolute atomic E-state index is 11.0. The smallest absolute Gasteiger partial charge is 0.407 e. The third kappa shape index (κ3) is 13.8. The largest absolute Gasteiger partial charge is 0.465 e. The van der Waals surface area contributed by atoms with Gasteiger partial charge in [0, 0.05) is 24.2 Å². The van der Waals surface area contributed by atoms with Crippen molar-refractivity contribution in [1.82, 2.24) is 4.90 Å². The maximum atomic E-state index is 11.0. The lowest BCUT2D eigenvalue weighted by Gasteiger charge is -2.27. The number of nitrogens with two attached hydrogens (primary N) is 2. The monoisotopic (exact) mass is 303 g/mol. The van der Waals surface area contributed by atoms with Crippen LogP contribution in [0.15, 0.2) is 0 Å². The van der Waals surface area contributed by atoms with Gasteiger partial charge in [0.05, 0.1) is 0 Å². The molecule has 0 spiro atoms. The summed E-state index contributed by atoms with van der Waals surface area (Å²) in [7, 11) is 0. The summed E-state index contributed by atoms with van der Waals surface area (Å²) in [5.74, 6) is 0. The normalized spacial score (nSPS) is 11.2. The number of carbonyl (C=O) groups is 1. The minimum Gasteiger partial charge on any atom is -0.465 e. The lowest BCUT2D eigenvalue weighted by molar-refractivity contribution is 0.138. The number of carboxylic acid groups (broad SMARTS) is 1. The van der Waals surface area contributed by atoms with Crippen molar-refractivity contribution in [3.63, 3.8) is 0 Å². The Balaban J connectivity index is -0.00000112. The van der Waals surface area contributed by atoms with Gasteiger partial charge in [-0.05, 0) is 40.5 Å². The number of hydrogen-bond donors (Lipinski definition) is 3. The first kappa shape index (κ1) is 22.9. The first-order chi connectivity index (χ1) is 7.01. The Morgan fingerprint density at radius 3 is 1.44 bits per heavy atom. The number of hydrogen-bond acceptors (Lipinski definition) is 3. The van der Waals surface area contributed by atoms with Gasteiger partial charge in [-0.2, -0.15) is 0 Å². The topological polar surface area (TPSA) is 92.6 Å². The molecule has 0 atom stereocenters. The zero-order valence-electron chi connectivity index (χ0n) is 11.6. The predicted octanol–water partition coefficient (Wildman–Crippen LogP) is 2.06. The lowest BCUT2D eigenvalue weighted by atomic mass is 10.0. The Bertz CT molecular complexity index is 219. The summed E-state index contributed by atoms with van der Waals surface area (Å²) in [5.41, 5.74) is 11.0. The molecule has 0 bridgehead atoms. The van der Waals surface area contributed by atoms with Crippen LogP contribution in [0.2, 0.25) is 0 Å². The average molecular weight is 304 g/mol. The molecule has 112 valence electrons. The minimum absolute atomic E-state index is 0. The van der Waals surface area contributed by atoms with Crippen molar-refractivity contribution in [1.29, 1.82) is 0 Å². The third-order valence-corrected chi connectivity index (χ3v) is 2.32. The lowest BCUT2D eigenvalue weighted by Crippen LogP contribution is -2.42. The van der Waals surface area contributed by atoms with Gasteiger partial charge in [-0.15, -0.1) is 24.8 Å². The summed E-state index contributed by atoms with van der Waals surface area (Å²) in [5, 5.41) is 9.01. The van der Waals surface area contributed by atoms with E-state index < -0.39 is 6.09 Å². The molecule has 0 radical (unpaired) electrons. The fourth-order valence-corrected chi connectivity index (χ4v) is 1.15. The molecule has 0 rings (SSSR count). The summed E-state index contributed by atoms with van der Waals surface area (Å²) in [4.78, 5) is 12.4. The Morgan fingerprint density at radius 1 is 1.00 bits per heavy atom. The van der Waals surface area contributed by atoms with Crippen molar-refractivity contribution in [3.8, 4) is 0 Å². The molecular formula is C11H27Cl2N3O2. The van der Waals surface area contributed by atoms with Crippen LogP contribution < -0.4 is 11.5 Å². The summed E-state index contributed by atoms with van der Waals surface area (Å²) in [6.07, 6.45) is 0.378. The molecule has 18 heavy (non-hydrogen) atoms. The third-order valence-electron chi connectivity index (χ3n) is 2.32. The summed E-state index contributed by atoms with van der Waals surface area (Å²) < 4.78 is 0. The summed E-state index contributed by atoms with van der Waals surface area (Å²) in [6, 6.07) is 0. The Hall–Kier alpha value is -0.230. The van der Waals surface area contributed by atoms with Crippen LogP contribution in [0.25, 0.3) is 0 Å². The number of nitrogens with zero attached hydrogens (tertiary/aromatic N) is 1. The van der Waals surface area contributed by atoms with Gasteiger partial charge in [-0.1, -0.05) is 0 Å². The maximum Gasteiger partial charge on any atom is 0.407 e. The molecule has 5 nitrogen and oxygen atoms in total. The molecule has 5 N–H and O–H groups in total. The molecule has 0 heterocycles. The van der Waals surface area contributed by atoms with E-state index in [1.807, 2.05) is 27.7 Å². The highest BCUT2D eigenvalue weighted by molar-refractivity contribution is 5.85. The first-order valence-corrected chi connectivity index (χ1v) is 5.57. The molecule has 0 aromatic carbocycles. The molecular weight excluding hydrogens is 277 g/mol. The van der Waals surface area contributed by atoms with Gasteiger partial charge >= 0.3 is 6.09 Å². The van der Waals surface area contributed by atoms with E-state index in [1.165, 1.54) is 4.90 Å². The van der Waals surface area contributed by atoms with Gasteiger partial charge in [-0.3, -0.25) is 0 Å². The quantitative estimate of drug-likeness (QED) is 0.700. The van der Waals surface area contributed by atoms with Gasteiger partial charge in [0.1, 0.15) is 0 Å². The van der Waals surface area contributed by atoms with E-state index in [9.17, 15) is 4.79 Å². The number of amides is 1. The number of halogens is 2. The predicted molar refractivity (Wildman–Crippen MR) is 79.9 cm³/mol. The van der Waals surface area contributed by atoms with Crippen LogP contribution in [0.5, 0.6) is 0 Å². The Labute approximate surface area is 122 Å². The van der Waals surface area contributed by atoms with E-state index in [1.54, 1.807) is 0 Å². The van der Waals surface area contributed by atoms with Crippen LogP contribution in [-0.2, 0) is 0 Å². The SMILES string of the molecule is CC(C)(N)CCN(CCC(C)(C)N)C(=O)O.Cl.Cl. The molecule has 0 unspecified atom stereocenters. The van der Waals surface area contributed by atoms with Crippen molar-refractivity contribution < 1.29 is 9.90 Å². The van der Waals surface area contributed by atoms with Gasteiger partial charge in [0.25, 0.3) is 0 Å². The highest BCUT2D eigenvalue weighted by Gasteiger charge is 2.19. The number of rotatable bonds is 6. The van der Waals surface area contributed by atoms with Gasteiger partial charge in [0.2, 0.25) is 0 Å². The van der Waals surface area contributed by atoms with Gasteiger partial charge < -0.3 is 21.5 Å². The van der Waals surface area contributed by atoms with Crippen LogP contribution in [0.3, 0.4) is 0 Å². The van der Waals surface area contributed by atoms with Crippen molar-refractivity contribution in [2.24, 2.45) is 11.5 Å². The Kier molecular flexibility index (Phi) is 11.2. The first-order valence-electron chi connectivity index (χ1n) is 5.57. The second-order valence-corrected chi connectivity index (χ2v) is 5.75. The molecule has 0 fully saturated rings. The van der Waals surface area contributed by atoms with E-state index >= 15 is 0 Å². The standard InChI is InChI=1S/C11H25N3O2.2ClH/c1-10(2,12)5-7-14(9(15)16)8-6-11(3,4)13;;/h5-8,12-13H2,1-4H3,(H,15,16);2*1H. The molecule has 0 aromatic heterocycles. The molecule has 0 saturated carbocycles. The Morgan fingerprint density at radius 2 is 1.28 bits per heavy atom. The highest BCUT2D eigenvalue weighted by Crippen LogP contribution is 2.09. The van der Waals surface area contributed by atoms with Crippen molar-refractivity contribution >= 4 is 30.9 Å². The minimum atomic E-state index is -0.909. The van der Waals surface area contributed by atoms with E-state index in [4.69, 9.17) is 16.6 Å². The van der Waals surface area contributed by atoms with E-state index in [0.717, 1.165) is 0 Å². The average Bonchev–Trinajstić information content (AvgIpc) is 1.98. The summed E-state index contributed by atoms with van der Waals surface area (Å²) >= 11 is 0. The van der Waals surface area contributed by atoms with E-state index in [-0.39, 0.29) is 35.9 Å². The van der Waals surface area contributed by atoms with Crippen LogP contribution in [0, 0.1) is 0 Å². The second-order valence-electron chi connectivity index (χ2n) is 5.75. The fourth-order valence-electron chi connectivity index (χ4n) is 1.15. The zero-order valence-corrected chi connectivity index (χ0v) is 13.2. The van der Waals surface area contributed by atoms with Crippen LogP contribution in [0.4, 0.5) is 4.79 Å². The molecule has 7 heteroatoms. The van der Waals surface area contributed by atoms with Crippen LogP contribution >= 0.6 is 24.8 Å². The van der Waals surface area contributed by atoms with E-state index in [2.05, 4.69) is 0 Å². The van der Waals surface area contributed by atoms with Gasteiger partial charge in [-0.25, -0.2) is 4.79 Å². The second kappa shape index (κ2) is 8.80. The molecule has 0 aliphatic heterocycles. The van der Waals surface area contributed by atoms with Gasteiger partial charge in [0.15, 0.2) is 0 Å². The van der Waals surface area contributed by atoms with Crippen LogP contribution in [-0.4, -0.2) is 40.3 Å². The van der Waals surface area contributed by atoms with Crippen molar-refractivity contribution in [2.45, 2.75) is 51.6 Å².